The summed E-state index contributed by atoms with van der Waals surface area (Å²) in [5.74, 6) is -0.346. The number of carbonyl (C=O) groups excluding carboxylic acids is 1. The standard InChI is InChI=1S/C16H12BrFN4O/c17-12-3-4-14(18)13(8-12)16(23)20-10-11-2-5-15(19-9-11)22-7-1-6-21-22/h1-9H,10H2,(H,20,23). The van der Waals surface area contributed by atoms with Crippen LogP contribution in [0, 0.1) is 5.82 Å². The van der Waals surface area contributed by atoms with E-state index >= 15 is 0 Å². The molecule has 2 aromatic heterocycles. The van der Waals surface area contributed by atoms with Crippen LogP contribution in [-0.2, 0) is 6.54 Å². The first-order valence-electron chi connectivity index (χ1n) is 6.82. The molecule has 0 aliphatic heterocycles. The maximum Gasteiger partial charge on any atom is 0.254 e. The van der Waals surface area contributed by atoms with E-state index in [1.807, 2.05) is 12.1 Å². The molecule has 0 saturated heterocycles. The zero-order chi connectivity index (χ0) is 16.2. The molecule has 1 N–H and O–H groups in total. The second-order valence-corrected chi connectivity index (χ2v) is 5.70. The minimum absolute atomic E-state index is 0.000459. The molecule has 2 heterocycles. The number of rotatable bonds is 4. The van der Waals surface area contributed by atoms with E-state index in [1.54, 1.807) is 35.4 Å². The van der Waals surface area contributed by atoms with Gasteiger partial charge >= 0.3 is 0 Å². The minimum atomic E-state index is -0.558. The predicted octanol–water partition coefficient (Wildman–Crippen LogP) is 3.10. The van der Waals surface area contributed by atoms with Gasteiger partial charge in [0.1, 0.15) is 5.82 Å². The highest BCUT2D eigenvalue weighted by atomic mass is 79.9. The Kier molecular flexibility index (Phi) is 4.47. The molecule has 0 bridgehead atoms. The molecule has 0 fully saturated rings. The molecular formula is C16H12BrFN4O. The highest BCUT2D eigenvalue weighted by Gasteiger charge is 2.11. The zero-order valence-corrected chi connectivity index (χ0v) is 13.5. The van der Waals surface area contributed by atoms with E-state index in [-0.39, 0.29) is 12.1 Å². The molecule has 3 rings (SSSR count). The molecule has 0 radical (unpaired) electrons. The molecule has 23 heavy (non-hydrogen) atoms. The molecule has 0 atom stereocenters. The number of nitrogens with zero attached hydrogens (tertiary/aromatic N) is 3. The Hall–Kier alpha value is -2.54. The average molecular weight is 375 g/mol. The summed E-state index contributed by atoms with van der Waals surface area (Å²) in [6, 6.07) is 9.69. The smallest absolute Gasteiger partial charge is 0.254 e. The van der Waals surface area contributed by atoms with Crippen molar-refractivity contribution in [1.29, 1.82) is 0 Å². The van der Waals surface area contributed by atoms with Gasteiger partial charge in [-0.3, -0.25) is 4.79 Å². The van der Waals surface area contributed by atoms with Crippen LogP contribution in [0.25, 0.3) is 5.82 Å². The van der Waals surface area contributed by atoms with Crippen LogP contribution >= 0.6 is 15.9 Å². The van der Waals surface area contributed by atoms with Gasteiger partial charge in [-0.15, -0.1) is 0 Å². The summed E-state index contributed by atoms with van der Waals surface area (Å²) in [7, 11) is 0. The molecule has 116 valence electrons. The maximum atomic E-state index is 13.7. The van der Waals surface area contributed by atoms with Gasteiger partial charge in [0, 0.05) is 29.6 Å². The largest absolute Gasteiger partial charge is 0.348 e. The predicted molar refractivity (Wildman–Crippen MR) is 86.6 cm³/mol. The molecular weight excluding hydrogens is 363 g/mol. The molecule has 5 nitrogen and oxygen atoms in total. The van der Waals surface area contributed by atoms with Crippen LogP contribution < -0.4 is 5.32 Å². The second-order valence-electron chi connectivity index (χ2n) is 4.78. The first kappa shape index (κ1) is 15.4. The van der Waals surface area contributed by atoms with Crippen molar-refractivity contribution >= 4 is 21.8 Å². The Morgan fingerprint density at radius 1 is 1.30 bits per heavy atom. The summed E-state index contributed by atoms with van der Waals surface area (Å²) < 4.78 is 15.9. The van der Waals surface area contributed by atoms with E-state index in [2.05, 4.69) is 31.3 Å². The van der Waals surface area contributed by atoms with Crippen molar-refractivity contribution in [3.8, 4) is 5.82 Å². The van der Waals surface area contributed by atoms with Crippen LogP contribution in [0.2, 0.25) is 0 Å². The van der Waals surface area contributed by atoms with E-state index in [0.29, 0.717) is 10.3 Å². The second kappa shape index (κ2) is 6.70. The van der Waals surface area contributed by atoms with Crippen molar-refractivity contribution in [3.05, 3.63) is 76.4 Å². The number of hydrogen-bond acceptors (Lipinski definition) is 3. The van der Waals surface area contributed by atoms with E-state index in [9.17, 15) is 9.18 Å². The number of benzene rings is 1. The minimum Gasteiger partial charge on any atom is -0.348 e. The topological polar surface area (TPSA) is 59.8 Å². The third-order valence-corrected chi connectivity index (χ3v) is 3.67. The Bertz CT molecular complexity index is 819. The van der Waals surface area contributed by atoms with Gasteiger partial charge < -0.3 is 5.32 Å². The molecule has 3 aromatic rings. The van der Waals surface area contributed by atoms with Gasteiger partial charge in [0.05, 0.1) is 5.56 Å². The molecule has 7 heteroatoms. The number of pyridine rings is 1. The van der Waals surface area contributed by atoms with E-state index in [0.717, 1.165) is 5.56 Å². The lowest BCUT2D eigenvalue weighted by Crippen LogP contribution is -2.24. The lowest BCUT2D eigenvalue weighted by molar-refractivity contribution is 0.0947. The summed E-state index contributed by atoms with van der Waals surface area (Å²) in [6.45, 7) is 0.261. The van der Waals surface area contributed by atoms with Crippen LogP contribution in [-0.4, -0.2) is 20.7 Å². The summed E-state index contributed by atoms with van der Waals surface area (Å²) in [6.07, 6.45) is 5.11. The Morgan fingerprint density at radius 2 is 2.17 bits per heavy atom. The number of hydrogen-bond donors (Lipinski definition) is 1. The highest BCUT2D eigenvalue weighted by Crippen LogP contribution is 2.15. The van der Waals surface area contributed by atoms with E-state index in [1.165, 1.54) is 12.1 Å². The van der Waals surface area contributed by atoms with E-state index in [4.69, 9.17) is 0 Å². The normalized spacial score (nSPS) is 10.5. The third-order valence-electron chi connectivity index (χ3n) is 3.17. The molecule has 1 amide bonds. The summed E-state index contributed by atoms with van der Waals surface area (Å²) in [4.78, 5) is 16.3. The van der Waals surface area contributed by atoms with Crippen molar-refractivity contribution in [2.45, 2.75) is 6.54 Å². The van der Waals surface area contributed by atoms with Gasteiger partial charge in [-0.05, 0) is 35.9 Å². The van der Waals surface area contributed by atoms with Gasteiger partial charge in [-0.25, -0.2) is 14.1 Å². The van der Waals surface area contributed by atoms with Crippen molar-refractivity contribution < 1.29 is 9.18 Å². The van der Waals surface area contributed by atoms with Crippen molar-refractivity contribution in [3.63, 3.8) is 0 Å². The average Bonchev–Trinajstić information content (AvgIpc) is 3.10. The third kappa shape index (κ3) is 3.62. The number of nitrogens with one attached hydrogen (secondary N) is 1. The molecule has 0 aliphatic rings. The molecule has 1 aromatic carbocycles. The number of carbonyl (C=O) groups is 1. The van der Waals surface area contributed by atoms with Crippen LogP contribution in [0.1, 0.15) is 15.9 Å². The maximum absolute atomic E-state index is 13.7. The van der Waals surface area contributed by atoms with Gasteiger partial charge in [0.15, 0.2) is 5.82 Å². The fourth-order valence-electron chi connectivity index (χ4n) is 2.01. The van der Waals surface area contributed by atoms with Crippen LogP contribution in [0.4, 0.5) is 4.39 Å². The molecule has 0 spiro atoms. The fourth-order valence-corrected chi connectivity index (χ4v) is 2.37. The van der Waals surface area contributed by atoms with Crippen molar-refractivity contribution in [2.24, 2.45) is 0 Å². The summed E-state index contributed by atoms with van der Waals surface area (Å²) in [5.41, 5.74) is 0.810. The Morgan fingerprint density at radius 3 is 2.87 bits per heavy atom. The first-order valence-corrected chi connectivity index (χ1v) is 7.61. The Balaban J connectivity index is 1.66. The quantitative estimate of drug-likeness (QED) is 0.763. The molecule has 0 saturated carbocycles. The van der Waals surface area contributed by atoms with Crippen molar-refractivity contribution in [1.82, 2.24) is 20.1 Å². The number of aromatic nitrogens is 3. The monoisotopic (exact) mass is 374 g/mol. The lowest BCUT2D eigenvalue weighted by Gasteiger charge is -2.07. The van der Waals surface area contributed by atoms with Crippen LogP contribution in [0.3, 0.4) is 0 Å². The fraction of sp³-hybridized carbons (Fsp3) is 0.0625. The summed E-state index contributed by atoms with van der Waals surface area (Å²) >= 11 is 3.22. The number of amides is 1. The summed E-state index contributed by atoms with van der Waals surface area (Å²) in [5, 5.41) is 6.76. The van der Waals surface area contributed by atoms with Gasteiger partial charge in [-0.2, -0.15) is 5.10 Å². The van der Waals surface area contributed by atoms with Gasteiger partial charge in [0.25, 0.3) is 5.91 Å². The van der Waals surface area contributed by atoms with Crippen molar-refractivity contribution in [2.75, 3.05) is 0 Å². The zero-order valence-electron chi connectivity index (χ0n) is 11.9. The Labute approximate surface area is 140 Å². The van der Waals surface area contributed by atoms with Gasteiger partial charge in [0.2, 0.25) is 0 Å². The molecule has 0 unspecified atom stereocenters. The van der Waals surface area contributed by atoms with Crippen LogP contribution in [0.15, 0.2) is 59.5 Å². The lowest BCUT2D eigenvalue weighted by atomic mass is 10.2. The highest BCUT2D eigenvalue weighted by molar-refractivity contribution is 9.10. The van der Waals surface area contributed by atoms with E-state index < -0.39 is 11.7 Å². The van der Waals surface area contributed by atoms with Crippen LogP contribution in [0.5, 0.6) is 0 Å². The molecule has 0 aliphatic carbocycles. The first-order chi connectivity index (χ1) is 11.1. The van der Waals surface area contributed by atoms with Gasteiger partial charge in [-0.1, -0.05) is 22.0 Å². The number of halogens is 2. The SMILES string of the molecule is O=C(NCc1ccc(-n2cccn2)nc1)c1cc(Br)ccc1F.